The van der Waals surface area contributed by atoms with Gasteiger partial charge in [-0.15, -0.1) is 0 Å². The highest BCUT2D eigenvalue weighted by Gasteiger charge is 2.24. The van der Waals surface area contributed by atoms with E-state index in [9.17, 15) is 9.59 Å². The molecule has 3 rings (SSSR count). The molecule has 0 spiro atoms. The van der Waals surface area contributed by atoms with Crippen LogP contribution in [0.1, 0.15) is 42.6 Å². The SMILES string of the molecule is C=C1C=NNC(=Nc2cc(C(=O)NC3CC3)ccc2C)N1/C(C)=C(\C)C=O. The molecule has 0 bridgehead atoms. The first-order valence-corrected chi connectivity index (χ1v) is 8.81. The first kappa shape index (κ1) is 18.6. The molecule has 1 aromatic rings. The fourth-order valence-electron chi connectivity index (χ4n) is 2.60. The fourth-order valence-corrected chi connectivity index (χ4v) is 2.60. The van der Waals surface area contributed by atoms with Gasteiger partial charge in [-0.1, -0.05) is 12.6 Å². The van der Waals surface area contributed by atoms with Crippen molar-refractivity contribution in [2.45, 2.75) is 39.7 Å². The maximum Gasteiger partial charge on any atom is 0.251 e. The molecule has 1 aliphatic heterocycles. The standard InChI is InChI=1S/C20H23N5O2/c1-12-5-6-16(19(27)22-17-7-8-17)9-18(12)23-20-24-21-10-14(3)25(20)15(4)13(2)11-26/h5-6,9-11,17H,3,7-8H2,1-2,4H3,(H,22,27)(H,23,24)/b15-13+. The van der Waals surface area contributed by atoms with Crippen molar-refractivity contribution in [3.8, 4) is 0 Å². The van der Waals surface area contributed by atoms with Crippen LogP contribution in [-0.4, -0.2) is 35.3 Å². The number of guanidine groups is 1. The number of hydrazone groups is 1. The second-order valence-electron chi connectivity index (χ2n) is 6.77. The number of carbonyl (C=O) groups is 2. The Morgan fingerprint density at radius 1 is 1.41 bits per heavy atom. The van der Waals surface area contributed by atoms with Gasteiger partial charge in [0, 0.05) is 22.9 Å². The number of allylic oxidation sites excluding steroid dienone is 3. The molecule has 7 nitrogen and oxygen atoms in total. The van der Waals surface area contributed by atoms with Crippen LogP contribution in [0.2, 0.25) is 0 Å². The van der Waals surface area contributed by atoms with Crippen molar-refractivity contribution in [2.24, 2.45) is 10.1 Å². The van der Waals surface area contributed by atoms with E-state index in [1.165, 1.54) is 0 Å². The Balaban J connectivity index is 1.98. The molecule has 27 heavy (non-hydrogen) atoms. The molecule has 0 radical (unpaired) electrons. The third-order valence-corrected chi connectivity index (χ3v) is 4.57. The number of rotatable bonds is 5. The average Bonchev–Trinajstić information content (AvgIpc) is 3.46. The van der Waals surface area contributed by atoms with Crippen molar-refractivity contribution >= 4 is 30.1 Å². The normalized spacial score (nSPS) is 18.9. The minimum atomic E-state index is -0.0947. The summed E-state index contributed by atoms with van der Waals surface area (Å²) in [6, 6.07) is 5.71. The summed E-state index contributed by atoms with van der Waals surface area (Å²) in [7, 11) is 0. The van der Waals surface area contributed by atoms with Crippen LogP contribution in [0.25, 0.3) is 0 Å². The van der Waals surface area contributed by atoms with Gasteiger partial charge in [0.15, 0.2) is 0 Å². The van der Waals surface area contributed by atoms with Crippen molar-refractivity contribution < 1.29 is 9.59 Å². The lowest BCUT2D eigenvalue weighted by Gasteiger charge is -2.29. The number of aldehydes is 1. The van der Waals surface area contributed by atoms with Crippen molar-refractivity contribution in [3.05, 3.63) is 52.9 Å². The third-order valence-electron chi connectivity index (χ3n) is 4.57. The second-order valence-corrected chi connectivity index (χ2v) is 6.77. The minimum absolute atomic E-state index is 0.0947. The Kier molecular flexibility index (Phi) is 5.21. The smallest absolute Gasteiger partial charge is 0.251 e. The van der Waals surface area contributed by atoms with Crippen LogP contribution in [0.4, 0.5) is 5.69 Å². The van der Waals surface area contributed by atoms with Gasteiger partial charge in [-0.2, -0.15) is 5.10 Å². The molecule has 1 saturated carbocycles. The number of benzene rings is 1. The van der Waals surface area contributed by atoms with Gasteiger partial charge < -0.3 is 5.32 Å². The Labute approximate surface area is 158 Å². The Bertz CT molecular complexity index is 894. The fraction of sp³-hybridized carbons (Fsp3) is 0.300. The van der Waals surface area contributed by atoms with E-state index in [-0.39, 0.29) is 5.91 Å². The topological polar surface area (TPSA) is 86.2 Å². The maximum atomic E-state index is 12.3. The summed E-state index contributed by atoms with van der Waals surface area (Å²) in [4.78, 5) is 29.9. The van der Waals surface area contributed by atoms with Crippen LogP contribution >= 0.6 is 0 Å². The number of nitrogens with zero attached hydrogens (tertiary/aromatic N) is 3. The minimum Gasteiger partial charge on any atom is -0.349 e. The van der Waals surface area contributed by atoms with Gasteiger partial charge in [-0.3, -0.25) is 14.5 Å². The molecule has 2 N–H and O–H groups in total. The van der Waals surface area contributed by atoms with Crippen molar-refractivity contribution in [3.63, 3.8) is 0 Å². The summed E-state index contributed by atoms with van der Waals surface area (Å²) < 4.78 is 0. The third kappa shape index (κ3) is 4.13. The quantitative estimate of drug-likeness (QED) is 0.621. The van der Waals surface area contributed by atoms with E-state index >= 15 is 0 Å². The summed E-state index contributed by atoms with van der Waals surface area (Å²) >= 11 is 0. The molecule has 0 atom stereocenters. The highest BCUT2D eigenvalue weighted by Crippen LogP contribution is 2.25. The lowest BCUT2D eigenvalue weighted by molar-refractivity contribution is -0.104. The van der Waals surface area contributed by atoms with Crippen molar-refractivity contribution in [2.75, 3.05) is 0 Å². The molecular formula is C20H23N5O2. The van der Waals surface area contributed by atoms with Gasteiger partial charge >= 0.3 is 0 Å². The number of hydrogen-bond donors (Lipinski definition) is 2. The Morgan fingerprint density at radius 3 is 2.81 bits per heavy atom. The summed E-state index contributed by atoms with van der Waals surface area (Å²) in [5, 5.41) is 7.03. The summed E-state index contributed by atoms with van der Waals surface area (Å²) in [5.41, 5.74) is 6.84. The van der Waals surface area contributed by atoms with E-state index in [0.29, 0.717) is 40.2 Å². The van der Waals surface area contributed by atoms with Crippen LogP contribution in [0.15, 0.2) is 51.8 Å². The first-order valence-electron chi connectivity index (χ1n) is 8.81. The van der Waals surface area contributed by atoms with Crippen LogP contribution in [-0.2, 0) is 4.79 Å². The summed E-state index contributed by atoms with van der Waals surface area (Å²) in [6.07, 6.45) is 4.42. The number of aliphatic imine (C=N–C) groups is 1. The second kappa shape index (κ2) is 7.57. The van der Waals surface area contributed by atoms with E-state index < -0.39 is 0 Å². The first-order chi connectivity index (χ1) is 12.9. The predicted octanol–water partition coefficient (Wildman–Crippen LogP) is 2.77. The van der Waals surface area contributed by atoms with Crippen LogP contribution in [0.5, 0.6) is 0 Å². The van der Waals surface area contributed by atoms with Gasteiger partial charge in [-0.25, -0.2) is 10.4 Å². The molecule has 140 valence electrons. The molecule has 0 aromatic heterocycles. The average molecular weight is 365 g/mol. The van der Waals surface area contributed by atoms with E-state index in [1.54, 1.807) is 30.2 Å². The van der Waals surface area contributed by atoms with Crippen molar-refractivity contribution in [1.82, 2.24) is 15.6 Å². The molecule has 2 aliphatic rings. The van der Waals surface area contributed by atoms with Gasteiger partial charge in [0.05, 0.1) is 17.6 Å². The lowest BCUT2D eigenvalue weighted by Crippen LogP contribution is -2.41. The molecular weight excluding hydrogens is 342 g/mol. The number of hydrogen-bond acceptors (Lipinski definition) is 4. The molecule has 1 aliphatic carbocycles. The predicted molar refractivity (Wildman–Crippen MR) is 106 cm³/mol. The van der Waals surface area contributed by atoms with E-state index in [2.05, 4.69) is 27.4 Å². The highest BCUT2D eigenvalue weighted by molar-refractivity contribution is 5.98. The number of amides is 1. The molecule has 1 fully saturated rings. The Morgan fingerprint density at radius 2 is 2.15 bits per heavy atom. The van der Waals surface area contributed by atoms with Crippen LogP contribution in [0, 0.1) is 6.92 Å². The monoisotopic (exact) mass is 365 g/mol. The number of carbonyl (C=O) groups excluding carboxylic acids is 2. The molecule has 1 heterocycles. The van der Waals surface area contributed by atoms with Gasteiger partial charge in [0.2, 0.25) is 5.96 Å². The van der Waals surface area contributed by atoms with Gasteiger partial charge in [-0.05, 0) is 51.3 Å². The molecule has 1 aromatic carbocycles. The highest BCUT2D eigenvalue weighted by atomic mass is 16.1. The van der Waals surface area contributed by atoms with E-state index in [0.717, 1.165) is 24.7 Å². The summed E-state index contributed by atoms with van der Waals surface area (Å²) in [6.45, 7) is 9.44. The Hall–Kier alpha value is -3.22. The zero-order chi connectivity index (χ0) is 19.6. The van der Waals surface area contributed by atoms with E-state index in [4.69, 9.17) is 0 Å². The van der Waals surface area contributed by atoms with Crippen molar-refractivity contribution in [1.29, 1.82) is 0 Å². The maximum absolute atomic E-state index is 12.3. The molecule has 0 saturated heterocycles. The largest absolute Gasteiger partial charge is 0.349 e. The van der Waals surface area contributed by atoms with Gasteiger partial charge in [0.25, 0.3) is 5.91 Å². The molecule has 1 amide bonds. The number of nitrogens with one attached hydrogen (secondary N) is 2. The van der Waals surface area contributed by atoms with Crippen LogP contribution in [0.3, 0.4) is 0 Å². The summed E-state index contributed by atoms with van der Waals surface area (Å²) in [5.74, 6) is 0.326. The van der Waals surface area contributed by atoms with Gasteiger partial charge in [0.1, 0.15) is 6.29 Å². The lowest BCUT2D eigenvalue weighted by atomic mass is 10.1. The zero-order valence-electron chi connectivity index (χ0n) is 15.7. The zero-order valence-corrected chi connectivity index (χ0v) is 15.7. The number of aryl methyl sites for hydroxylation is 1. The van der Waals surface area contributed by atoms with E-state index in [1.807, 2.05) is 19.9 Å². The van der Waals surface area contributed by atoms with Crippen LogP contribution < -0.4 is 10.7 Å². The molecule has 7 heteroatoms. The molecule has 0 unspecified atom stereocenters.